The number of benzene rings is 2. The van der Waals surface area contributed by atoms with Gasteiger partial charge < -0.3 is 47.5 Å². The summed E-state index contributed by atoms with van der Waals surface area (Å²) in [5.74, 6) is -2.42. The molecule has 0 saturated carbocycles. The summed E-state index contributed by atoms with van der Waals surface area (Å²) in [5, 5.41) is 25.8. The van der Waals surface area contributed by atoms with Crippen molar-refractivity contribution in [3.05, 3.63) is 59.2 Å². The number of carbonyl (C=O) groups excluding carboxylic acids is 3. The van der Waals surface area contributed by atoms with E-state index in [-0.39, 0.29) is 44.0 Å². The Kier molecular flexibility index (Phi) is 10.8. The summed E-state index contributed by atoms with van der Waals surface area (Å²) in [4.78, 5) is 40.2. The third kappa shape index (κ3) is 8.25. The molecule has 12 nitrogen and oxygen atoms in total. The Morgan fingerprint density at radius 1 is 1.05 bits per heavy atom. The van der Waals surface area contributed by atoms with E-state index in [4.69, 9.17) is 21.9 Å². The van der Waals surface area contributed by atoms with Gasteiger partial charge >= 0.3 is 13.3 Å². The van der Waals surface area contributed by atoms with Gasteiger partial charge in [0.25, 0.3) is 0 Å². The number of aliphatic hydroxyl groups excluding tert-OH is 1. The van der Waals surface area contributed by atoms with Gasteiger partial charge in [0.1, 0.15) is 12.1 Å². The molecule has 3 amide bonds. The number of nitrogens with zero attached hydrogens (tertiary/aromatic N) is 1. The molecule has 41 heavy (non-hydrogen) atoms. The number of nitrogens with one attached hydrogen (secondary N) is 2. The maximum Gasteiger partial charge on any atom is 0.491 e. The molecule has 10 N–H and O–H groups in total. The largest absolute Gasteiger partial charge is 0.491 e. The van der Waals surface area contributed by atoms with Crippen LogP contribution in [0, 0.1) is 0 Å². The van der Waals surface area contributed by atoms with E-state index in [1.54, 1.807) is 6.07 Å². The number of alkyl halides is 3. The first-order valence-corrected chi connectivity index (χ1v) is 12.7. The predicted molar refractivity (Wildman–Crippen MR) is 143 cm³/mol. The molecular weight excluding hydrogens is 548 g/mol. The number of carbonyl (C=O) groups is 3. The van der Waals surface area contributed by atoms with Crippen molar-refractivity contribution >= 4 is 36.0 Å². The van der Waals surface area contributed by atoms with Gasteiger partial charge in [-0.05, 0) is 40.9 Å². The van der Waals surface area contributed by atoms with Crippen LogP contribution in [0.4, 0.5) is 18.9 Å². The topological polar surface area (TPSA) is 206 Å². The van der Waals surface area contributed by atoms with E-state index in [0.717, 1.165) is 24.3 Å². The van der Waals surface area contributed by atoms with Crippen LogP contribution >= 0.6 is 0 Å². The van der Waals surface area contributed by atoms with E-state index in [1.165, 1.54) is 17.0 Å². The fourth-order valence-corrected chi connectivity index (χ4v) is 4.21. The lowest BCUT2D eigenvalue weighted by Crippen LogP contribution is -2.53. The molecule has 3 rings (SSSR count). The summed E-state index contributed by atoms with van der Waals surface area (Å²) in [6.45, 7) is 0.840. The summed E-state index contributed by atoms with van der Waals surface area (Å²) < 4.78 is 44.2. The molecule has 0 radical (unpaired) electrons. The first kappa shape index (κ1) is 32.0. The van der Waals surface area contributed by atoms with Gasteiger partial charge in [-0.3, -0.25) is 14.4 Å². The highest BCUT2D eigenvalue weighted by Crippen LogP contribution is 2.30. The van der Waals surface area contributed by atoms with Gasteiger partial charge in [0, 0.05) is 31.9 Å². The number of rotatable bonds is 12. The minimum Gasteiger partial charge on any atom is -0.423 e. The van der Waals surface area contributed by atoms with Crippen molar-refractivity contribution in [3.63, 3.8) is 0 Å². The van der Waals surface area contributed by atoms with E-state index < -0.39 is 61.2 Å². The molecule has 1 heterocycles. The Morgan fingerprint density at radius 3 is 2.27 bits per heavy atom. The second-order valence-electron chi connectivity index (χ2n) is 9.39. The molecule has 16 heteroatoms. The number of anilines is 1. The average molecular weight is 580 g/mol. The van der Waals surface area contributed by atoms with E-state index in [1.807, 2.05) is 0 Å². The number of hydrogen-bond donors (Lipinski definition) is 7. The SMILES string of the molecule is NCCN(CCN)C(=O)CC(N)C(=O)NC(C(=O)Nc1ccc2c(c1)B(O)OC2)C(O)c1ccc(C(F)(F)F)cc1. The molecule has 0 saturated heterocycles. The fourth-order valence-electron chi connectivity index (χ4n) is 4.21. The molecule has 222 valence electrons. The maximum atomic E-state index is 13.3. The zero-order valence-electron chi connectivity index (χ0n) is 21.9. The van der Waals surface area contributed by atoms with E-state index in [2.05, 4.69) is 10.6 Å². The second-order valence-corrected chi connectivity index (χ2v) is 9.39. The van der Waals surface area contributed by atoms with E-state index in [0.29, 0.717) is 11.0 Å². The number of fused-ring (bicyclic) bond motifs is 1. The first-order valence-electron chi connectivity index (χ1n) is 12.7. The van der Waals surface area contributed by atoms with Crippen LogP contribution in [0.5, 0.6) is 0 Å². The Labute approximate surface area is 234 Å². The van der Waals surface area contributed by atoms with Crippen LogP contribution in [0.3, 0.4) is 0 Å². The van der Waals surface area contributed by atoms with Gasteiger partial charge in [-0.15, -0.1) is 0 Å². The molecule has 3 atom stereocenters. The number of halogens is 3. The monoisotopic (exact) mass is 580 g/mol. The molecule has 1 aliphatic heterocycles. The van der Waals surface area contributed by atoms with Crippen LogP contribution in [-0.2, 0) is 31.8 Å². The molecule has 2 aromatic carbocycles. The molecule has 3 unspecified atom stereocenters. The highest BCUT2D eigenvalue weighted by molar-refractivity contribution is 6.61. The van der Waals surface area contributed by atoms with Crippen LogP contribution in [0.1, 0.15) is 29.2 Å². The van der Waals surface area contributed by atoms with Crippen LogP contribution in [0.25, 0.3) is 0 Å². The third-order valence-corrected chi connectivity index (χ3v) is 6.43. The summed E-state index contributed by atoms with van der Waals surface area (Å²) in [6, 6.07) is 4.79. The smallest absolute Gasteiger partial charge is 0.423 e. The van der Waals surface area contributed by atoms with Gasteiger partial charge in [-0.2, -0.15) is 13.2 Å². The van der Waals surface area contributed by atoms with Gasteiger partial charge in [0.15, 0.2) is 0 Å². The van der Waals surface area contributed by atoms with Crippen molar-refractivity contribution in [2.24, 2.45) is 17.2 Å². The number of amides is 3. The number of nitrogens with two attached hydrogens (primary N) is 3. The second kappa shape index (κ2) is 13.9. The Morgan fingerprint density at radius 2 is 1.68 bits per heavy atom. The number of hydrogen-bond acceptors (Lipinski definition) is 9. The zero-order valence-corrected chi connectivity index (χ0v) is 21.9. The molecule has 0 spiro atoms. The van der Waals surface area contributed by atoms with Crippen molar-refractivity contribution in [3.8, 4) is 0 Å². The van der Waals surface area contributed by atoms with E-state index in [9.17, 15) is 37.7 Å². The quantitative estimate of drug-likeness (QED) is 0.146. The minimum absolute atomic E-state index is 0.0991. The number of aliphatic hydroxyl groups is 1. The van der Waals surface area contributed by atoms with Crippen LogP contribution < -0.4 is 33.3 Å². The average Bonchev–Trinajstić information content (AvgIpc) is 3.30. The van der Waals surface area contributed by atoms with Crippen molar-refractivity contribution < 1.29 is 42.3 Å². The van der Waals surface area contributed by atoms with Crippen LogP contribution in [0.2, 0.25) is 0 Å². The molecule has 0 fully saturated rings. The van der Waals surface area contributed by atoms with Crippen molar-refractivity contribution in [1.82, 2.24) is 10.2 Å². The molecule has 2 aromatic rings. The zero-order chi connectivity index (χ0) is 30.3. The summed E-state index contributed by atoms with van der Waals surface area (Å²) in [7, 11) is -1.20. The van der Waals surface area contributed by atoms with Gasteiger partial charge in [-0.25, -0.2) is 0 Å². The molecular formula is C25H32BF3N6O6. The third-order valence-electron chi connectivity index (χ3n) is 6.43. The molecule has 0 aliphatic carbocycles. The normalized spacial score (nSPS) is 15.1. The molecule has 0 aromatic heterocycles. The Balaban J connectivity index is 1.82. The lowest BCUT2D eigenvalue weighted by molar-refractivity contribution is -0.137. The highest BCUT2D eigenvalue weighted by atomic mass is 19.4. The van der Waals surface area contributed by atoms with Crippen LogP contribution in [-0.4, -0.2) is 78.1 Å². The lowest BCUT2D eigenvalue weighted by atomic mass is 9.79. The molecule has 0 bridgehead atoms. The van der Waals surface area contributed by atoms with Crippen LogP contribution in [0.15, 0.2) is 42.5 Å². The van der Waals surface area contributed by atoms with Gasteiger partial charge in [0.2, 0.25) is 17.7 Å². The highest BCUT2D eigenvalue weighted by Gasteiger charge is 2.35. The Bertz CT molecular complexity index is 1230. The summed E-state index contributed by atoms with van der Waals surface area (Å²) in [6.07, 6.45) is -6.89. The summed E-state index contributed by atoms with van der Waals surface area (Å²) in [5.41, 5.74) is 17.2. The standard InChI is InChI=1S/C25H32BF3N6O6/c27-25(28,29)16-4-1-14(2-5-16)22(37)21(24(39)33-17-6-3-15-13-41-26(40)18(15)11-17)34-23(38)19(32)12-20(36)35(9-7-30)10-8-31/h1-6,11,19,21-22,37,40H,7-10,12-13,30-32H2,(H,33,39)(H,34,38). The lowest BCUT2D eigenvalue weighted by Gasteiger charge is -2.26. The Hall–Kier alpha value is -3.54. The predicted octanol–water partition coefficient (Wildman–Crippen LogP) is -1.46. The van der Waals surface area contributed by atoms with E-state index >= 15 is 0 Å². The molecule has 1 aliphatic rings. The fraction of sp³-hybridized carbons (Fsp3) is 0.400. The van der Waals surface area contributed by atoms with Gasteiger partial charge in [-0.1, -0.05) is 18.2 Å². The van der Waals surface area contributed by atoms with Crippen molar-refractivity contribution in [1.29, 1.82) is 0 Å². The minimum atomic E-state index is -4.63. The summed E-state index contributed by atoms with van der Waals surface area (Å²) >= 11 is 0. The maximum absolute atomic E-state index is 13.3. The van der Waals surface area contributed by atoms with Crippen molar-refractivity contribution in [2.75, 3.05) is 31.5 Å². The first-order chi connectivity index (χ1) is 19.3. The van der Waals surface area contributed by atoms with Gasteiger partial charge in [0.05, 0.1) is 24.6 Å². The van der Waals surface area contributed by atoms with Crippen molar-refractivity contribution in [2.45, 2.75) is 37.4 Å².